The molecule has 0 saturated heterocycles. The van der Waals surface area contributed by atoms with Crippen molar-refractivity contribution in [3.63, 3.8) is 0 Å². The Labute approximate surface area is 117 Å². The molecule has 2 rings (SSSR count). The maximum absolute atomic E-state index is 11.9. The number of aromatic amines is 1. The zero-order valence-corrected chi connectivity index (χ0v) is 11.7. The van der Waals surface area contributed by atoms with Gasteiger partial charge in [-0.05, 0) is 24.1 Å². The number of anilines is 1. The number of rotatable bonds is 7. The summed E-state index contributed by atoms with van der Waals surface area (Å²) >= 11 is 0. The standard InChI is InChI=1S/C12H17N5O2S/c13-11-4-1-3-10(7-11)8-20(18,19)16-6-2-5-12-14-9-15-17-12/h1,3-4,7,9,16H,2,5-6,8,13H2,(H,14,15,17). The van der Waals surface area contributed by atoms with Crippen LogP contribution in [-0.4, -0.2) is 30.1 Å². The number of aryl methyl sites for hydroxylation is 1. The summed E-state index contributed by atoms with van der Waals surface area (Å²) in [6.45, 7) is 0.366. The highest BCUT2D eigenvalue weighted by Crippen LogP contribution is 2.09. The molecule has 0 bridgehead atoms. The lowest BCUT2D eigenvalue weighted by atomic mass is 10.2. The predicted octanol–water partition coefficient (Wildman–Crippen LogP) is 0.439. The summed E-state index contributed by atoms with van der Waals surface area (Å²) in [5.41, 5.74) is 6.85. The van der Waals surface area contributed by atoms with Crippen LogP contribution in [0.1, 0.15) is 17.8 Å². The SMILES string of the molecule is Nc1cccc(CS(=O)(=O)NCCCc2ncn[nH]2)c1. The molecule has 2 aromatic rings. The Morgan fingerprint density at radius 2 is 2.20 bits per heavy atom. The van der Waals surface area contributed by atoms with Crippen LogP contribution in [-0.2, 0) is 22.2 Å². The van der Waals surface area contributed by atoms with E-state index >= 15 is 0 Å². The molecule has 0 fully saturated rings. The number of hydrogen-bond acceptors (Lipinski definition) is 5. The van der Waals surface area contributed by atoms with Crippen LogP contribution in [0.25, 0.3) is 0 Å². The summed E-state index contributed by atoms with van der Waals surface area (Å²) in [5, 5.41) is 6.46. The summed E-state index contributed by atoms with van der Waals surface area (Å²) < 4.78 is 26.3. The molecule has 0 atom stereocenters. The largest absolute Gasteiger partial charge is 0.399 e. The monoisotopic (exact) mass is 295 g/mol. The van der Waals surface area contributed by atoms with E-state index in [9.17, 15) is 8.42 Å². The topological polar surface area (TPSA) is 114 Å². The maximum Gasteiger partial charge on any atom is 0.215 e. The van der Waals surface area contributed by atoms with Gasteiger partial charge in [0.15, 0.2) is 0 Å². The average molecular weight is 295 g/mol. The molecule has 0 aliphatic carbocycles. The molecule has 1 aromatic heterocycles. The lowest BCUT2D eigenvalue weighted by Gasteiger charge is -2.06. The first-order valence-corrected chi connectivity index (χ1v) is 7.86. The fourth-order valence-electron chi connectivity index (χ4n) is 1.79. The normalized spacial score (nSPS) is 11.6. The van der Waals surface area contributed by atoms with Crippen molar-refractivity contribution >= 4 is 15.7 Å². The number of H-pyrrole nitrogens is 1. The Hall–Kier alpha value is -1.93. The molecule has 20 heavy (non-hydrogen) atoms. The minimum atomic E-state index is -3.34. The number of aromatic nitrogens is 3. The third-order valence-corrected chi connectivity index (χ3v) is 4.04. The molecule has 0 unspecified atom stereocenters. The Morgan fingerprint density at radius 3 is 2.90 bits per heavy atom. The number of sulfonamides is 1. The molecule has 0 aliphatic rings. The van der Waals surface area contributed by atoms with E-state index in [1.807, 2.05) is 0 Å². The van der Waals surface area contributed by atoms with Crippen molar-refractivity contribution in [2.24, 2.45) is 0 Å². The number of hydrogen-bond donors (Lipinski definition) is 3. The van der Waals surface area contributed by atoms with Crippen molar-refractivity contribution < 1.29 is 8.42 Å². The van der Waals surface area contributed by atoms with Gasteiger partial charge in [0.25, 0.3) is 0 Å². The maximum atomic E-state index is 11.9. The van der Waals surface area contributed by atoms with E-state index in [1.165, 1.54) is 6.33 Å². The number of nitrogen functional groups attached to an aromatic ring is 1. The third-order valence-electron chi connectivity index (χ3n) is 2.68. The summed E-state index contributed by atoms with van der Waals surface area (Å²) in [6.07, 6.45) is 2.74. The van der Waals surface area contributed by atoms with Crippen molar-refractivity contribution in [1.82, 2.24) is 19.9 Å². The molecule has 0 amide bonds. The van der Waals surface area contributed by atoms with Gasteiger partial charge in [0, 0.05) is 18.7 Å². The van der Waals surface area contributed by atoms with Gasteiger partial charge in [-0.2, -0.15) is 5.10 Å². The van der Waals surface area contributed by atoms with Crippen molar-refractivity contribution in [2.45, 2.75) is 18.6 Å². The molecule has 0 aliphatic heterocycles. The van der Waals surface area contributed by atoms with Gasteiger partial charge >= 0.3 is 0 Å². The molecule has 0 radical (unpaired) electrons. The van der Waals surface area contributed by atoms with Gasteiger partial charge in [-0.1, -0.05) is 12.1 Å². The lowest BCUT2D eigenvalue weighted by molar-refractivity contribution is 0.577. The lowest BCUT2D eigenvalue weighted by Crippen LogP contribution is -2.26. The minimum Gasteiger partial charge on any atom is -0.399 e. The van der Waals surface area contributed by atoms with E-state index in [4.69, 9.17) is 5.73 Å². The van der Waals surface area contributed by atoms with E-state index in [2.05, 4.69) is 19.9 Å². The molecule has 0 spiro atoms. The van der Waals surface area contributed by atoms with Crippen molar-refractivity contribution in [2.75, 3.05) is 12.3 Å². The highest BCUT2D eigenvalue weighted by molar-refractivity contribution is 7.88. The molecule has 8 heteroatoms. The number of nitrogens with one attached hydrogen (secondary N) is 2. The molecular weight excluding hydrogens is 278 g/mol. The molecule has 7 nitrogen and oxygen atoms in total. The van der Waals surface area contributed by atoms with Crippen LogP contribution in [0.2, 0.25) is 0 Å². The Kier molecular flexibility index (Phi) is 4.70. The van der Waals surface area contributed by atoms with Crippen LogP contribution in [0.4, 0.5) is 5.69 Å². The first-order chi connectivity index (χ1) is 9.55. The van der Waals surface area contributed by atoms with Crippen LogP contribution in [0, 0.1) is 0 Å². The summed E-state index contributed by atoms with van der Waals surface area (Å²) in [4.78, 5) is 3.97. The Morgan fingerprint density at radius 1 is 1.35 bits per heavy atom. The predicted molar refractivity (Wildman–Crippen MR) is 76.2 cm³/mol. The van der Waals surface area contributed by atoms with E-state index in [0.29, 0.717) is 30.6 Å². The number of benzene rings is 1. The van der Waals surface area contributed by atoms with Crippen LogP contribution in [0.5, 0.6) is 0 Å². The number of nitrogens with two attached hydrogens (primary N) is 1. The van der Waals surface area contributed by atoms with E-state index in [0.717, 1.165) is 5.82 Å². The van der Waals surface area contributed by atoms with Crippen molar-refractivity contribution in [3.8, 4) is 0 Å². The summed E-state index contributed by atoms with van der Waals surface area (Å²) in [5.74, 6) is 0.681. The van der Waals surface area contributed by atoms with Gasteiger partial charge in [0.1, 0.15) is 12.2 Å². The van der Waals surface area contributed by atoms with Crippen molar-refractivity contribution in [3.05, 3.63) is 42.0 Å². The molecule has 1 heterocycles. The summed E-state index contributed by atoms with van der Waals surface area (Å²) in [6, 6.07) is 6.86. The van der Waals surface area contributed by atoms with Gasteiger partial charge in [0.05, 0.1) is 5.75 Å². The highest BCUT2D eigenvalue weighted by Gasteiger charge is 2.11. The molecule has 1 aromatic carbocycles. The fraction of sp³-hybridized carbons (Fsp3) is 0.333. The van der Waals surface area contributed by atoms with Gasteiger partial charge in [-0.15, -0.1) is 0 Å². The van der Waals surface area contributed by atoms with Crippen LogP contribution >= 0.6 is 0 Å². The first kappa shape index (κ1) is 14.5. The highest BCUT2D eigenvalue weighted by atomic mass is 32.2. The molecular formula is C12H17N5O2S. The van der Waals surface area contributed by atoms with Gasteiger partial charge in [-0.25, -0.2) is 18.1 Å². The average Bonchev–Trinajstić information content (AvgIpc) is 2.87. The third kappa shape index (κ3) is 4.63. The second kappa shape index (κ2) is 6.49. The van der Waals surface area contributed by atoms with Crippen molar-refractivity contribution in [1.29, 1.82) is 0 Å². The molecule has 0 saturated carbocycles. The molecule has 4 N–H and O–H groups in total. The minimum absolute atomic E-state index is 0.0691. The van der Waals surface area contributed by atoms with Crippen LogP contribution in [0.15, 0.2) is 30.6 Å². The van der Waals surface area contributed by atoms with E-state index < -0.39 is 10.0 Å². The quantitative estimate of drug-likeness (QED) is 0.506. The second-order valence-electron chi connectivity index (χ2n) is 4.43. The zero-order chi connectivity index (χ0) is 14.4. The first-order valence-electron chi connectivity index (χ1n) is 6.21. The summed E-state index contributed by atoms with van der Waals surface area (Å²) in [7, 11) is -3.34. The van der Waals surface area contributed by atoms with Crippen LogP contribution < -0.4 is 10.5 Å². The van der Waals surface area contributed by atoms with Gasteiger partial charge in [-0.3, -0.25) is 5.10 Å². The van der Waals surface area contributed by atoms with E-state index in [-0.39, 0.29) is 5.75 Å². The molecule has 108 valence electrons. The Balaban J connectivity index is 1.79. The smallest absolute Gasteiger partial charge is 0.215 e. The second-order valence-corrected chi connectivity index (χ2v) is 6.24. The zero-order valence-electron chi connectivity index (χ0n) is 10.9. The van der Waals surface area contributed by atoms with Gasteiger partial charge in [0.2, 0.25) is 10.0 Å². The van der Waals surface area contributed by atoms with E-state index in [1.54, 1.807) is 24.3 Å². The van der Waals surface area contributed by atoms with Crippen LogP contribution in [0.3, 0.4) is 0 Å². The fourth-order valence-corrected chi connectivity index (χ4v) is 2.96. The Bertz CT molecular complexity index is 640. The van der Waals surface area contributed by atoms with Gasteiger partial charge < -0.3 is 5.73 Å². The number of nitrogens with zero attached hydrogens (tertiary/aromatic N) is 2.